The molecule has 0 fully saturated rings. The lowest BCUT2D eigenvalue weighted by atomic mass is 10.1. The summed E-state index contributed by atoms with van der Waals surface area (Å²) in [5.41, 5.74) is 3.94. The van der Waals surface area contributed by atoms with E-state index in [-0.39, 0.29) is 0 Å². The first-order valence-electron chi connectivity index (χ1n) is 6.06. The molecule has 3 heteroatoms. The number of hydrogen-bond donors (Lipinski definition) is 1. The molecule has 18 heavy (non-hydrogen) atoms. The maximum absolute atomic E-state index is 4.46. The van der Waals surface area contributed by atoms with Gasteiger partial charge in [-0.15, -0.1) is 11.8 Å². The van der Waals surface area contributed by atoms with Gasteiger partial charge in [-0.2, -0.15) is 0 Å². The standard InChI is InChI=1S/C15H18N2S/c1-12-5-3-4-6-14(12)11-18-15-8-7-13(9-16-2)10-17-15/h3-8,10,16H,9,11H2,1-2H3. The van der Waals surface area contributed by atoms with Crippen LogP contribution in [-0.2, 0) is 12.3 Å². The molecule has 0 bridgehead atoms. The lowest BCUT2D eigenvalue weighted by Gasteiger charge is -2.05. The number of aryl methyl sites for hydroxylation is 1. The fourth-order valence-corrected chi connectivity index (χ4v) is 2.65. The van der Waals surface area contributed by atoms with Gasteiger partial charge in [0.1, 0.15) is 0 Å². The third-order valence-electron chi connectivity index (χ3n) is 2.82. The van der Waals surface area contributed by atoms with Gasteiger partial charge in [0.15, 0.2) is 0 Å². The number of nitrogens with zero attached hydrogens (tertiary/aromatic N) is 1. The van der Waals surface area contributed by atoms with Gasteiger partial charge < -0.3 is 5.32 Å². The van der Waals surface area contributed by atoms with E-state index < -0.39 is 0 Å². The summed E-state index contributed by atoms with van der Waals surface area (Å²) in [7, 11) is 1.95. The van der Waals surface area contributed by atoms with E-state index in [1.165, 1.54) is 16.7 Å². The predicted molar refractivity (Wildman–Crippen MR) is 77.7 cm³/mol. The Kier molecular flexibility index (Phi) is 4.79. The molecule has 0 saturated heterocycles. The van der Waals surface area contributed by atoms with Crippen LogP contribution in [0.2, 0.25) is 0 Å². The number of rotatable bonds is 5. The molecule has 1 aromatic heterocycles. The highest BCUT2D eigenvalue weighted by molar-refractivity contribution is 7.98. The highest BCUT2D eigenvalue weighted by Gasteiger charge is 2.00. The van der Waals surface area contributed by atoms with Gasteiger partial charge in [0.05, 0.1) is 5.03 Å². The zero-order chi connectivity index (χ0) is 12.8. The van der Waals surface area contributed by atoms with Gasteiger partial charge >= 0.3 is 0 Å². The minimum atomic E-state index is 0.871. The van der Waals surface area contributed by atoms with Gasteiger partial charge in [-0.3, -0.25) is 0 Å². The normalized spacial score (nSPS) is 10.6. The van der Waals surface area contributed by atoms with Crippen LogP contribution in [-0.4, -0.2) is 12.0 Å². The summed E-state index contributed by atoms with van der Waals surface area (Å²) in [5.74, 6) is 0.977. The van der Waals surface area contributed by atoms with Crippen molar-refractivity contribution in [3.63, 3.8) is 0 Å². The van der Waals surface area contributed by atoms with Crippen molar-refractivity contribution in [2.75, 3.05) is 7.05 Å². The molecule has 0 aliphatic rings. The Balaban J connectivity index is 1.96. The molecule has 0 atom stereocenters. The van der Waals surface area contributed by atoms with E-state index in [0.29, 0.717) is 0 Å². The lowest BCUT2D eigenvalue weighted by Crippen LogP contribution is -2.05. The van der Waals surface area contributed by atoms with E-state index in [0.717, 1.165) is 17.3 Å². The van der Waals surface area contributed by atoms with E-state index in [4.69, 9.17) is 0 Å². The number of aromatic nitrogens is 1. The van der Waals surface area contributed by atoms with Crippen molar-refractivity contribution in [3.8, 4) is 0 Å². The Hall–Kier alpha value is -1.32. The highest BCUT2D eigenvalue weighted by Crippen LogP contribution is 2.22. The third-order valence-corrected chi connectivity index (χ3v) is 3.81. The molecule has 1 aromatic carbocycles. The summed E-state index contributed by atoms with van der Waals surface area (Å²) in [5, 5.41) is 4.20. The number of nitrogens with one attached hydrogen (secondary N) is 1. The number of benzene rings is 1. The molecular formula is C15H18N2S. The molecule has 0 saturated carbocycles. The number of hydrogen-bond acceptors (Lipinski definition) is 3. The third kappa shape index (κ3) is 3.59. The molecule has 0 amide bonds. The zero-order valence-electron chi connectivity index (χ0n) is 10.8. The average Bonchev–Trinajstić information content (AvgIpc) is 2.40. The minimum Gasteiger partial charge on any atom is -0.316 e. The van der Waals surface area contributed by atoms with Gasteiger partial charge in [-0.05, 0) is 36.7 Å². The van der Waals surface area contributed by atoms with E-state index in [9.17, 15) is 0 Å². The molecule has 0 aliphatic carbocycles. The first kappa shape index (κ1) is 13.1. The van der Waals surface area contributed by atoms with Gasteiger partial charge in [-0.25, -0.2) is 4.98 Å². The van der Waals surface area contributed by atoms with Crippen molar-refractivity contribution >= 4 is 11.8 Å². The fourth-order valence-electron chi connectivity index (χ4n) is 1.73. The molecule has 0 aliphatic heterocycles. The van der Waals surface area contributed by atoms with Crippen LogP contribution >= 0.6 is 11.8 Å². The van der Waals surface area contributed by atoms with Crippen molar-refractivity contribution in [1.29, 1.82) is 0 Å². The SMILES string of the molecule is CNCc1ccc(SCc2ccccc2C)nc1. The molecule has 1 N–H and O–H groups in total. The van der Waals surface area contributed by atoms with Crippen molar-refractivity contribution in [1.82, 2.24) is 10.3 Å². The maximum atomic E-state index is 4.46. The Morgan fingerprint density at radius 1 is 1.17 bits per heavy atom. The highest BCUT2D eigenvalue weighted by atomic mass is 32.2. The Labute approximate surface area is 113 Å². The quantitative estimate of drug-likeness (QED) is 0.832. The smallest absolute Gasteiger partial charge is 0.0963 e. The maximum Gasteiger partial charge on any atom is 0.0963 e. The molecule has 2 nitrogen and oxygen atoms in total. The van der Waals surface area contributed by atoms with Crippen LogP contribution in [0.5, 0.6) is 0 Å². The van der Waals surface area contributed by atoms with Crippen LogP contribution in [0.25, 0.3) is 0 Å². The molecule has 0 unspecified atom stereocenters. The van der Waals surface area contributed by atoms with E-state index >= 15 is 0 Å². The molecule has 0 radical (unpaired) electrons. The van der Waals surface area contributed by atoms with E-state index in [2.05, 4.69) is 53.6 Å². The Morgan fingerprint density at radius 3 is 2.67 bits per heavy atom. The second kappa shape index (κ2) is 6.57. The summed E-state index contributed by atoms with van der Waals surface area (Å²) in [6, 6.07) is 12.7. The monoisotopic (exact) mass is 258 g/mol. The van der Waals surface area contributed by atoms with Crippen LogP contribution in [0.1, 0.15) is 16.7 Å². The zero-order valence-corrected chi connectivity index (χ0v) is 11.6. The van der Waals surface area contributed by atoms with E-state index in [1.54, 1.807) is 11.8 Å². The summed E-state index contributed by atoms with van der Waals surface area (Å²) in [6.07, 6.45) is 1.94. The van der Waals surface area contributed by atoms with Crippen LogP contribution in [0.3, 0.4) is 0 Å². The summed E-state index contributed by atoms with van der Waals surface area (Å²) < 4.78 is 0. The number of thioether (sulfide) groups is 1. The van der Waals surface area contributed by atoms with Gasteiger partial charge in [0, 0.05) is 18.5 Å². The molecule has 0 spiro atoms. The van der Waals surface area contributed by atoms with E-state index in [1.807, 2.05) is 13.2 Å². The van der Waals surface area contributed by atoms with Gasteiger partial charge in [0.25, 0.3) is 0 Å². The summed E-state index contributed by atoms with van der Waals surface area (Å²) in [6.45, 7) is 3.02. The topological polar surface area (TPSA) is 24.9 Å². The fraction of sp³-hybridized carbons (Fsp3) is 0.267. The average molecular weight is 258 g/mol. The van der Waals surface area contributed by atoms with Crippen LogP contribution < -0.4 is 5.32 Å². The molecular weight excluding hydrogens is 240 g/mol. The Bertz CT molecular complexity index is 494. The number of pyridine rings is 1. The second-order valence-electron chi connectivity index (χ2n) is 4.25. The van der Waals surface area contributed by atoms with Crippen molar-refractivity contribution in [3.05, 3.63) is 59.3 Å². The predicted octanol–water partition coefficient (Wildman–Crippen LogP) is 3.40. The summed E-state index contributed by atoms with van der Waals surface area (Å²) in [4.78, 5) is 4.46. The van der Waals surface area contributed by atoms with Crippen molar-refractivity contribution in [2.24, 2.45) is 0 Å². The molecule has 2 rings (SSSR count). The molecule has 2 aromatic rings. The first-order chi connectivity index (χ1) is 8.79. The van der Waals surface area contributed by atoms with Crippen molar-refractivity contribution < 1.29 is 0 Å². The van der Waals surface area contributed by atoms with Crippen molar-refractivity contribution in [2.45, 2.75) is 24.2 Å². The largest absolute Gasteiger partial charge is 0.316 e. The van der Waals surface area contributed by atoms with Crippen LogP contribution in [0, 0.1) is 6.92 Å². The minimum absolute atomic E-state index is 0.871. The van der Waals surface area contributed by atoms with Crippen LogP contribution in [0.4, 0.5) is 0 Å². The Morgan fingerprint density at radius 2 is 2.00 bits per heavy atom. The second-order valence-corrected chi connectivity index (χ2v) is 5.25. The van der Waals surface area contributed by atoms with Gasteiger partial charge in [0.2, 0.25) is 0 Å². The van der Waals surface area contributed by atoms with Gasteiger partial charge in [-0.1, -0.05) is 30.3 Å². The molecule has 1 heterocycles. The van der Waals surface area contributed by atoms with Crippen LogP contribution in [0.15, 0.2) is 47.6 Å². The lowest BCUT2D eigenvalue weighted by molar-refractivity contribution is 0.809. The first-order valence-corrected chi connectivity index (χ1v) is 7.05. The summed E-state index contributed by atoms with van der Waals surface area (Å²) >= 11 is 1.78. The molecule has 94 valence electrons.